The van der Waals surface area contributed by atoms with Crippen LogP contribution in [0.1, 0.15) is 52.4 Å². The summed E-state index contributed by atoms with van der Waals surface area (Å²) in [5, 5.41) is 11.0. The third kappa shape index (κ3) is 13.2. The van der Waals surface area contributed by atoms with Crippen LogP contribution in [0.2, 0.25) is 0 Å². The fourth-order valence-corrected chi connectivity index (χ4v) is 1.73. The van der Waals surface area contributed by atoms with E-state index in [0.717, 1.165) is 12.8 Å². The van der Waals surface area contributed by atoms with Gasteiger partial charge in [-0.25, -0.2) is 4.79 Å². The summed E-state index contributed by atoms with van der Waals surface area (Å²) in [5.74, 6) is 0.106. The molecule has 0 fully saturated rings. The Morgan fingerprint density at radius 2 is 1.00 bits per heavy atom. The summed E-state index contributed by atoms with van der Waals surface area (Å²) in [6, 6.07) is -0.222. The van der Waals surface area contributed by atoms with Gasteiger partial charge < -0.3 is 21.3 Å². The molecule has 7 heteroatoms. The van der Waals surface area contributed by atoms with Gasteiger partial charge in [0.15, 0.2) is 0 Å². The highest BCUT2D eigenvalue weighted by Gasteiger charge is 2.01. The molecular formula is C15H30N4O3. The average Bonchev–Trinajstić information content (AvgIpc) is 2.47. The molecule has 4 amide bonds. The van der Waals surface area contributed by atoms with Crippen molar-refractivity contribution in [1.29, 1.82) is 0 Å². The highest BCUT2D eigenvalue weighted by molar-refractivity contribution is 5.76. The zero-order chi connectivity index (χ0) is 16.6. The first kappa shape index (κ1) is 20.2. The Hall–Kier alpha value is -1.79. The quantitative estimate of drug-likeness (QED) is 0.403. The Kier molecular flexibility index (Phi) is 13.0. The summed E-state index contributed by atoms with van der Waals surface area (Å²) in [6.45, 7) is 6.10. The van der Waals surface area contributed by atoms with Crippen LogP contribution in [0.25, 0.3) is 0 Å². The summed E-state index contributed by atoms with van der Waals surface area (Å²) in [7, 11) is 0. The zero-order valence-electron chi connectivity index (χ0n) is 13.8. The van der Waals surface area contributed by atoms with Gasteiger partial charge in [0.2, 0.25) is 11.8 Å². The molecule has 7 nitrogen and oxygen atoms in total. The Morgan fingerprint density at radius 1 is 0.636 bits per heavy atom. The van der Waals surface area contributed by atoms with Crippen LogP contribution in [0.3, 0.4) is 0 Å². The normalized spacial score (nSPS) is 9.91. The van der Waals surface area contributed by atoms with Crippen molar-refractivity contribution in [3.05, 3.63) is 0 Å². The van der Waals surface area contributed by atoms with Gasteiger partial charge in [-0.3, -0.25) is 9.59 Å². The number of urea groups is 1. The number of nitrogens with one attached hydrogen (secondary N) is 4. The van der Waals surface area contributed by atoms with Crippen molar-refractivity contribution < 1.29 is 14.4 Å². The summed E-state index contributed by atoms with van der Waals surface area (Å²) in [6.07, 6.45) is 4.17. The maximum atomic E-state index is 11.4. The first-order valence-electron chi connectivity index (χ1n) is 8.15. The van der Waals surface area contributed by atoms with Crippen LogP contribution < -0.4 is 21.3 Å². The molecule has 0 saturated heterocycles. The van der Waals surface area contributed by atoms with E-state index in [1.165, 1.54) is 0 Å². The summed E-state index contributed by atoms with van der Waals surface area (Å²) in [5.41, 5.74) is 0. The van der Waals surface area contributed by atoms with Gasteiger partial charge >= 0.3 is 6.03 Å². The highest BCUT2D eigenvalue weighted by atomic mass is 16.2. The largest absolute Gasteiger partial charge is 0.356 e. The van der Waals surface area contributed by atoms with Crippen LogP contribution >= 0.6 is 0 Å². The van der Waals surface area contributed by atoms with Crippen molar-refractivity contribution in [2.45, 2.75) is 52.4 Å². The molecule has 0 spiro atoms. The number of amides is 4. The molecule has 0 aliphatic rings. The molecule has 0 aromatic rings. The summed E-state index contributed by atoms with van der Waals surface area (Å²) >= 11 is 0. The molecule has 0 radical (unpaired) electrons. The smallest absolute Gasteiger partial charge is 0.314 e. The minimum Gasteiger partial charge on any atom is -0.356 e. The monoisotopic (exact) mass is 314 g/mol. The van der Waals surface area contributed by atoms with Crippen molar-refractivity contribution in [3.8, 4) is 0 Å². The van der Waals surface area contributed by atoms with Crippen LogP contribution in [0.15, 0.2) is 0 Å². The molecule has 0 heterocycles. The highest BCUT2D eigenvalue weighted by Crippen LogP contribution is 1.86. The fraction of sp³-hybridized carbons (Fsp3) is 0.800. The van der Waals surface area contributed by atoms with E-state index in [-0.39, 0.29) is 17.8 Å². The molecule has 128 valence electrons. The second kappa shape index (κ2) is 14.2. The average molecular weight is 314 g/mol. The van der Waals surface area contributed by atoms with E-state index in [2.05, 4.69) is 21.3 Å². The lowest BCUT2D eigenvalue weighted by molar-refractivity contribution is -0.121. The SMILES string of the molecule is CCCC(=O)NCCCNC(=O)NCCCNC(=O)CCC. The van der Waals surface area contributed by atoms with E-state index in [1.807, 2.05) is 13.8 Å². The lowest BCUT2D eigenvalue weighted by Crippen LogP contribution is -2.38. The van der Waals surface area contributed by atoms with Crippen molar-refractivity contribution in [2.24, 2.45) is 0 Å². The van der Waals surface area contributed by atoms with Gasteiger partial charge in [-0.05, 0) is 25.7 Å². The predicted molar refractivity (Wildman–Crippen MR) is 86.5 cm³/mol. The molecule has 0 unspecified atom stereocenters. The van der Waals surface area contributed by atoms with E-state index >= 15 is 0 Å². The number of rotatable bonds is 12. The number of carbonyl (C=O) groups is 3. The number of hydrogen-bond donors (Lipinski definition) is 4. The second-order valence-corrected chi connectivity index (χ2v) is 5.09. The van der Waals surface area contributed by atoms with Gasteiger partial charge in [-0.2, -0.15) is 0 Å². The van der Waals surface area contributed by atoms with Gasteiger partial charge in [-0.1, -0.05) is 13.8 Å². The van der Waals surface area contributed by atoms with E-state index in [0.29, 0.717) is 51.9 Å². The molecule has 0 bridgehead atoms. The van der Waals surface area contributed by atoms with Crippen LogP contribution in [0.4, 0.5) is 4.79 Å². The first-order valence-corrected chi connectivity index (χ1v) is 8.15. The maximum Gasteiger partial charge on any atom is 0.314 e. The predicted octanol–water partition coefficient (Wildman–Crippen LogP) is 0.898. The Bertz CT molecular complexity index is 305. The van der Waals surface area contributed by atoms with Gasteiger partial charge in [0, 0.05) is 39.0 Å². The molecule has 0 aliphatic heterocycles. The molecule has 22 heavy (non-hydrogen) atoms. The van der Waals surface area contributed by atoms with Crippen LogP contribution in [0, 0.1) is 0 Å². The van der Waals surface area contributed by atoms with Gasteiger partial charge in [-0.15, -0.1) is 0 Å². The lowest BCUT2D eigenvalue weighted by atomic mass is 10.3. The molecular weight excluding hydrogens is 284 g/mol. The van der Waals surface area contributed by atoms with E-state index in [4.69, 9.17) is 0 Å². The number of hydrogen-bond acceptors (Lipinski definition) is 3. The van der Waals surface area contributed by atoms with E-state index < -0.39 is 0 Å². The van der Waals surface area contributed by atoms with Crippen LogP contribution in [0.5, 0.6) is 0 Å². The second-order valence-electron chi connectivity index (χ2n) is 5.09. The molecule has 0 rings (SSSR count). The molecule has 0 saturated carbocycles. The summed E-state index contributed by atoms with van der Waals surface area (Å²) in [4.78, 5) is 33.8. The molecule has 0 aromatic carbocycles. The molecule has 0 atom stereocenters. The molecule has 0 aliphatic carbocycles. The van der Waals surface area contributed by atoms with Gasteiger partial charge in [0.05, 0.1) is 0 Å². The third-order valence-electron chi connectivity index (χ3n) is 2.88. The maximum absolute atomic E-state index is 11.4. The van der Waals surface area contributed by atoms with Crippen LogP contribution in [-0.4, -0.2) is 44.0 Å². The van der Waals surface area contributed by atoms with Crippen molar-refractivity contribution in [1.82, 2.24) is 21.3 Å². The van der Waals surface area contributed by atoms with Crippen molar-refractivity contribution >= 4 is 17.8 Å². The standard InChI is InChI=1S/C15H30N4O3/c1-3-7-13(20)16-9-5-11-18-15(22)19-12-6-10-17-14(21)8-4-2/h3-12H2,1-2H3,(H,16,20)(H,17,21)(H2,18,19,22). The van der Waals surface area contributed by atoms with E-state index in [1.54, 1.807) is 0 Å². The topological polar surface area (TPSA) is 99.3 Å². The van der Waals surface area contributed by atoms with Crippen molar-refractivity contribution in [3.63, 3.8) is 0 Å². The third-order valence-corrected chi connectivity index (χ3v) is 2.88. The number of carbonyl (C=O) groups excluding carboxylic acids is 3. The van der Waals surface area contributed by atoms with Crippen molar-refractivity contribution in [2.75, 3.05) is 26.2 Å². The lowest BCUT2D eigenvalue weighted by Gasteiger charge is -2.08. The Labute approximate surface area is 133 Å². The minimum absolute atomic E-state index is 0.0528. The Morgan fingerprint density at radius 3 is 1.36 bits per heavy atom. The molecule has 4 N–H and O–H groups in total. The first-order chi connectivity index (χ1) is 10.6. The van der Waals surface area contributed by atoms with E-state index in [9.17, 15) is 14.4 Å². The summed E-state index contributed by atoms with van der Waals surface area (Å²) < 4.78 is 0. The van der Waals surface area contributed by atoms with Crippen LogP contribution in [-0.2, 0) is 9.59 Å². The van der Waals surface area contributed by atoms with Gasteiger partial charge in [0.25, 0.3) is 0 Å². The Balaban J connectivity index is 3.36. The fourth-order valence-electron chi connectivity index (χ4n) is 1.73. The van der Waals surface area contributed by atoms with Gasteiger partial charge in [0.1, 0.15) is 0 Å². The zero-order valence-corrected chi connectivity index (χ0v) is 13.8. The molecule has 0 aromatic heterocycles. The minimum atomic E-state index is -0.222.